The molecule has 2 aromatic rings. The topological polar surface area (TPSA) is 119 Å². The number of anilines is 1. The van der Waals surface area contributed by atoms with E-state index in [0.717, 1.165) is 0 Å². The van der Waals surface area contributed by atoms with Crippen molar-refractivity contribution in [3.63, 3.8) is 0 Å². The number of nitrogens with two attached hydrogens (primary N) is 1. The molecule has 94 valence electrons. The number of carbonyl (C=O) groups is 1. The van der Waals surface area contributed by atoms with Crippen molar-refractivity contribution in [3.05, 3.63) is 29.6 Å². The van der Waals surface area contributed by atoms with Crippen molar-refractivity contribution in [1.29, 1.82) is 0 Å². The molecule has 8 heteroatoms. The second kappa shape index (κ2) is 5.13. The van der Waals surface area contributed by atoms with Crippen LogP contribution in [-0.2, 0) is 6.54 Å². The second-order valence-electron chi connectivity index (χ2n) is 3.47. The number of ether oxygens (including phenoxy) is 1. The third kappa shape index (κ3) is 2.54. The van der Waals surface area contributed by atoms with Crippen molar-refractivity contribution in [3.8, 4) is 5.75 Å². The number of aromatic nitrogens is 4. The molecule has 1 aromatic carbocycles. The van der Waals surface area contributed by atoms with Crippen LogP contribution in [-0.4, -0.2) is 33.6 Å². The Bertz CT molecular complexity index is 539. The quantitative estimate of drug-likeness (QED) is 0.640. The van der Waals surface area contributed by atoms with Gasteiger partial charge in [-0.25, -0.2) is 0 Å². The minimum absolute atomic E-state index is 0.174. The molecule has 8 nitrogen and oxygen atoms in total. The molecule has 0 spiro atoms. The third-order valence-corrected chi connectivity index (χ3v) is 2.26. The van der Waals surface area contributed by atoms with Gasteiger partial charge in [0, 0.05) is 5.69 Å². The summed E-state index contributed by atoms with van der Waals surface area (Å²) < 4.78 is 5.09. The Morgan fingerprint density at radius 1 is 1.56 bits per heavy atom. The fourth-order valence-electron chi connectivity index (χ4n) is 1.42. The minimum atomic E-state index is -0.316. The van der Waals surface area contributed by atoms with E-state index in [-0.39, 0.29) is 12.5 Å². The summed E-state index contributed by atoms with van der Waals surface area (Å²) in [6.45, 7) is 0.174. The molecule has 0 fully saturated rings. The number of H-pyrrole nitrogens is 1. The van der Waals surface area contributed by atoms with E-state index < -0.39 is 0 Å². The SMILES string of the molecule is COc1ccc(N)cc1C(=O)NCc1nn[nH]n1. The van der Waals surface area contributed by atoms with E-state index >= 15 is 0 Å². The average Bonchev–Trinajstić information content (AvgIpc) is 2.89. The van der Waals surface area contributed by atoms with Gasteiger partial charge in [0.1, 0.15) is 5.75 Å². The van der Waals surface area contributed by atoms with Crippen molar-refractivity contribution < 1.29 is 9.53 Å². The Balaban J connectivity index is 2.10. The maximum atomic E-state index is 11.9. The Hall–Kier alpha value is -2.64. The van der Waals surface area contributed by atoms with Gasteiger partial charge in [-0.15, -0.1) is 10.2 Å². The molecule has 1 heterocycles. The lowest BCUT2D eigenvalue weighted by Crippen LogP contribution is -2.24. The highest BCUT2D eigenvalue weighted by molar-refractivity contribution is 5.97. The summed E-state index contributed by atoms with van der Waals surface area (Å²) in [5, 5.41) is 15.8. The van der Waals surface area contributed by atoms with Gasteiger partial charge < -0.3 is 15.8 Å². The van der Waals surface area contributed by atoms with E-state index in [4.69, 9.17) is 10.5 Å². The molecule has 0 radical (unpaired) electrons. The molecule has 0 unspecified atom stereocenters. The molecule has 0 saturated heterocycles. The molecule has 18 heavy (non-hydrogen) atoms. The summed E-state index contributed by atoms with van der Waals surface area (Å²) in [6.07, 6.45) is 0. The molecule has 0 aliphatic rings. The first-order valence-corrected chi connectivity index (χ1v) is 5.14. The standard InChI is InChI=1S/C10H12N6O2/c1-18-8-3-2-6(11)4-7(8)10(17)12-5-9-13-15-16-14-9/h2-4H,5,11H2,1H3,(H,12,17)(H,13,14,15,16). The van der Waals surface area contributed by atoms with Crippen molar-refractivity contribution in [1.82, 2.24) is 25.9 Å². The normalized spacial score (nSPS) is 10.1. The number of nitrogens with one attached hydrogen (secondary N) is 2. The van der Waals surface area contributed by atoms with Crippen LogP contribution in [0.5, 0.6) is 5.75 Å². The van der Waals surface area contributed by atoms with Gasteiger partial charge in [-0.05, 0) is 18.2 Å². The number of nitrogens with zero attached hydrogens (tertiary/aromatic N) is 3. The van der Waals surface area contributed by atoms with Crippen LogP contribution < -0.4 is 15.8 Å². The van der Waals surface area contributed by atoms with Gasteiger partial charge >= 0.3 is 0 Å². The molecule has 4 N–H and O–H groups in total. The lowest BCUT2D eigenvalue weighted by molar-refractivity contribution is 0.0947. The zero-order chi connectivity index (χ0) is 13.0. The number of methoxy groups -OCH3 is 1. The fourth-order valence-corrected chi connectivity index (χ4v) is 1.42. The van der Waals surface area contributed by atoms with Crippen LogP contribution in [0.2, 0.25) is 0 Å². The average molecular weight is 248 g/mol. The summed E-state index contributed by atoms with van der Waals surface area (Å²) in [5.41, 5.74) is 6.48. The fraction of sp³-hybridized carbons (Fsp3) is 0.200. The number of carbonyl (C=O) groups excluding carboxylic acids is 1. The number of tetrazole rings is 1. The molecule has 1 amide bonds. The maximum absolute atomic E-state index is 11.9. The van der Waals surface area contributed by atoms with Gasteiger partial charge in [-0.2, -0.15) is 5.21 Å². The van der Waals surface area contributed by atoms with E-state index in [0.29, 0.717) is 22.8 Å². The van der Waals surface area contributed by atoms with Gasteiger partial charge in [0.05, 0.1) is 19.2 Å². The van der Waals surface area contributed by atoms with Crippen molar-refractivity contribution in [2.45, 2.75) is 6.54 Å². The van der Waals surface area contributed by atoms with Crippen LogP contribution in [0.1, 0.15) is 16.2 Å². The number of benzene rings is 1. The Morgan fingerprint density at radius 3 is 3.06 bits per heavy atom. The van der Waals surface area contributed by atoms with Crippen LogP contribution in [0.25, 0.3) is 0 Å². The van der Waals surface area contributed by atoms with Crippen LogP contribution in [0, 0.1) is 0 Å². The number of nitrogen functional groups attached to an aromatic ring is 1. The number of amides is 1. The largest absolute Gasteiger partial charge is 0.496 e. The highest BCUT2D eigenvalue weighted by Crippen LogP contribution is 2.20. The summed E-state index contributed by atoms with van der Waals surface area (Å²) in [4.78, 5) is 11.9. The van der Waals surface area contributed by atoms with Gasteiger partial charge in [0.25, 0.3) is 5.91 Å². The first-order valence-electron chi connectivity index (χ1n) is 5.14. The third-order valence-electron chi connectivity index (χ3n) is 2.26. The smallest absolute Gasteiger partial charge is 0.255 e. The van der Waals surface area contributed by atoms with Crippen molar-refractivity contribution >= 4 is 11.6 Å². The maximum Gasteiger partial charge on any atom is 0.255 e. The van der Waals surface area contributed by atoms with E-state index in [2.05, 4.69) is 25.9 Å². The Morgan fingerprint density at radius 2 is 2.39 bits per heavy atom. The zero-order valence-corrected chi connectivity index (χ0v) is 9.67. The van der Waals surface area contributed by atoms with Gasteiger partial charge in [-0.3, -0.25) is 4.79 Å². The molecule has 0 aliphatic carbocycles. The van der Waals surface area contributed by atoms with Crippen molar-refractivity contribution in [2.75, 3.05) is 12.8 Å². The van der Waals surface area contributed by atoms with Gasteiger partial charge in [0.15, 0.2) is 5.82 Å². The number of hydrogen-bond acceptors (Lipinski definition) is 6. The Labute approximate surface area is 103 Å². The van der Waals surface area contributed by atoms with Gasteiger partial charge in [-0.1, -0.05) is 5.21 Å². The highest BCUT2D eigenvalue weighted by atomic mass is 16.5. The first kappa shape index (κ1) is 11.8. The molecule has 0 atom stereocenters. The number of hydrogen-bond donors (Lipinski definition) is 3. The zero-order valence-electron chi connectivity index (χ0n) is 9.67. The lowest BCUT2D eigenvalue weighted by Gasteiger charge is -2.08. The molecule has 0 aliphatic heterocycles. The van der Waals surface area contributed by atoms with E-state index in [1.165, 1.54) is 7.11 Å². The lowest BCUT2D eigenvalue weighted by atomic mass is 10.1. The molecule has 1 aromatic heterocycles. The molecule has 2 rings (SSSR count). The molecule has 0 bridgehead atoms. The number of aromatic amines is 1. The van der Waals surface area contributed by atoms with E-state index in [1.807, 2.05) is 0 Å². The highest BCUT2D eigenvalue weighted by Gasteiger charge is 2.13. The summed E-state index contributed by atoms with van der Waals surface area (Å²) in [7, 11) is 1.49. The number of rotatable bonds is 4. The van der Waals surface area contributed by atoms with Gasteiger partial charge in [0.2, 0.25) is 0 Å². The monoisotopic (exact) mass is 248 g/mol. The summed E-state index contributed by atoms with van der Waals surface area (Å²) in [5.74, 6) is 0.532. The van der Waals surface area contributed by atoms with E-state index in [1.54, 1.807) is 18.2 Å². The van der Waals surface area contributed by atoms with Crippen molar-refractivity contribution in [2.24, 2.45) is 0 Å². The predicted molar refractivity (Wildman–Crippen MR) is 62.8 cm³/mol. The molecule has 0 saturated carbocycles. The van der Waals surface area contributed by atoms with Crippen LogP contribution in [0.4, 0.5) is 5.69 Å². The predicted octanol–water partition coefficient (Wildman–Crippen LogP) is -0.280. The van der Waals surface area contributed by atoms with Crippen LogP contribution in [0.15, 0.2) is 18.2 Å². The second-order valence-corrected chi connectivity index (χ2v) is 3.47. The molecular weight excluding hydrogens is 236 g/mol. The van der Waals surface area contributed by atoms with E-state index in [9.17, 15) is 4.79 Å². The Kier molecular flexibility index (Phi) is 3.37. The molecular formula is C10H12N6O2. The van der Waals surface area contributed by atoms with Crippen LogP contribution >= 0.6 is 0 Å². The minimum Gasteiger partial charge on any atom is -0.496 e. The first-order chi connectivity index (χ1) is 8.70. The summed E-state index contributed by atoms with van der Waals surface area (Å²) >= 11 is 0. The van der Waals surface area contributed by atoms with Crippen LogP contribution in [0.3, 0.4) is 0 Å². The summed E-state index contributed by atoms with van der Waals surface area (Å²) in [6, 6.07) is 4.85.